The molecule has 1 amide bonds. The first-order valence-electron chi connectivity index (χ1n) is 9.04. The van der Waals surface area contributed by atoms with E-state index in [-0.39, 0.29) is 11.9 Å². The molecule has 3 aromatic heterocycles. The molecule has 1 fully saturated rings. The van der Waals surface area contributed by atoms with Gasteiger partial charge in [0.2, 0.25) is 0 Å². The summed E-state index contributed by atoms with van der Waals surface area (Å²) >= 11 is 1.54. The molecule has 140 valence electrons. The van der Waals surface area contributed by atoms with Gasteiger partial charge in [-0.1, -0.05) is 0 Å². The molecule has 0 saturated carbocycles. The van der Waals surface area contributed by atoms with Gasteiger partial charge >= 0.3 is 0 Å². The second kappa shape index (κ2) is 7.48. The van der Waals surface area contributed by atoms with Crippen LogP contribution in [0.4, 0.5) is 5.82 Å². The van der Waals surface area contributed by atoms with E-state index in [9.17, 15) is 4.79 Å². The summed E-state index contributed by atoms with van der Waals surface area (Å²) in [5.74, 6) is 1.59. The second-order valence-corrected chi connectivity index (χ2v) is 7.60. The van der Waals surface area contributed by atoms with Crippen molar-refractivity contribution in [2.24, 2.45) is 0 Å². The number of carbonyl (C=O) groups is 1. The van der Waals surface area contributed by atoms with Crippen molar-refractivity contribution in [1.29, 1.82) is 0 Å². The lowest BCUT2D eigenvalue weighted by Gasteiger charge is -2.33. The van der Waals surface area contributed by atoms with E-state index >= 15 is 0 Å². The van der Waals surface area contributed by atoms with Crippen LogP contribution in [0.3, 0.4) is 0 Å². The minimum absolute atomic E-state index is 0.0148. The first-order chi connectivity index (χ1) is 13.1. The van der Waals surface area contributed by atoms with Gasteiger partial charge in [-0.3, -0.25) is 9.78 Å². The maximum atomic E-state index is 12.2. The third-order valence-corrected chi connectivity index (χ3v) is 5.46. The topological polar surface area (TPSA) is 75.9 Å². The quantitative estimate of drug-likeness (QED) is 0.751. The first-order valence-corrected chi connectivity index (χ1v) is 9.98. The van der Waals surface area contributed by atoms with E-state index in [1.807, 2.05) is 41.4 Å². The molecule has 1 N–H and O–H groups in total. The maximum absolute atomic E-state index is 12.2. The third kappa shape index (κ3) is 3.85. The molecule has 4 rings (SSSR count). The maximum Gasteiger partial charge on any atom is 0.252 e. The lowest BCUT2D eigenvalue weighted by Crippen LogP contribution is -2.45. The highest BCUT2D eigenvalue weighted by atomic mass is 32.1. The second-order valence-electron chi connectivity index (χ2n) is 6.82. The van der Waals surface area contributed by atoms with Gasteiger partial charge in [0.05, 0.1) is 18.1 Å². The van der Waals surface area contributed by atoms with Crippen LogP contribution in [0.15, 0.2) is 35.3 Å². The van der Waals surface area contributed by atoms with E-state index in [2.05, 4.69) is 20.3 Å². The van der Waals surface area contributed by atoms with E-state index in [0.29, 0.717) is 0 Å². The monoisotopic (exact) mass is 382 g/mol. The number of aromatic nitrogens is 4. The van der Waals surface area contributed by atoms with Gasteiger partial charge in [0.25, 0.3) is 5.91 Å². The molecule has 0 bridgehead atoms. The predicted octanol–water partition coefficient (Wildman–Crippen LogP) is 2.74. The first kappa shape index (κ1) is 17.7. The molecular formula is C19H22N6OS. The Labute approximate surface area is 162 Å². The van der Waals surface area contributed by atoms with Crippen LogP contribution in [-0.2, 0) is 0 Å². The normalized spacial score (nSPS) is 15.1. The Bertz CT molecular complexity index is 928. The number of carbonyl (C=O) groups excluding carboxylic acids is 1. The standard InChI is InChI=1S/C19H22N6OS/c1-13-9-14(2)25(23-13)18-11-20-10-17(22-18)24-6-3-16(4-7-24)21-19(26)15-5-8-27-12-15/h5,8-12,16H,3-4,6-7H2,1-2H3,(H,21,26). The molecule has 0 radical (unpaired) electrons. The number of thiophene rings is 1. The molecule has 0 aliphatic carbocycles. The minimum atomic E-state index is 0.0148. The molecule has 0 atom stereocenters. The summed E-state index contributed by atoms with van der Waals surface area (Å²) in [5.41, 5.74) is 2.74. The number of amides is 1. The largest absolute Gasteiger partial charge is 0.355 e. The number of aryl methyl sites for hydroxylation is 2. The molecule has 0 aromatic carbocycles. The molecule has 3 aromatic rings. The van der Waals surface area contributed by atoms with Crippen molar-refractivity contribution >= 4 is 23.1 Å². The Hall–Kier alpha value is -2.74. The predicted molar refractivity (Wildman–Crippen MR) is 106 cm³/mol. The van der Waals surface area contributed by atoms with Gasteiger partial charge in [-0.05, 0) is 44.2 Å². The molecule has 1 saturated heterocycles. The molecule has 8 heteroatoms. The number of rotatable bonds is 4. The Morgan fingerprint density at radius 1 is 1.22 bits per heavy atom. The summed E-state index contributed by atoms with van der Waals surface area (Å²) in [4.78, 5) is 23.5. The zero-order valence-corrected chi connectivity index (χ0v) is 16.2. The summed E-state index contributed by atoms with van der Waals surface area (Å²) in [6.07, 6.45) is 5.31. The van der Waals surface area contributed by atoms with Crippen LogP contribution in [0.1, 0.15) is 34.6 Å². The Morgan fingerprint density at radius 2 is 2.00 bits per heavy atom. The van der Waals surface area contributed by atoms with E-state index in [1.54, 1.807) is 12.4 Å². The van der Waals surface area contributed by atoms with Crippen molar-refractivity contribution in [3.63, 3.8) is 0 Å². The van der Waals surface area contributed by atoms with E-state index in [0.717, 1.165) is 54.5 Å². The highest BCUT2D eigenvalue weighted by Gasteiger charge is 2.22. The fraction of sp³-hybridized carbons (Fsp3) is 0.368. The number of nitrogens with one attached hydrogen (secondary N) is 1. The molecule has 4 heterocycles. The summed E-state index contributed by atoms with van der Waals surface area (Å²) in [6.45, 7) is 5.65. The third-order valence-electron chi connectivity index (χ3n) is 4.77. The van der Waals surface area contributed by atoms with Crippen molar-refractivity contribution in [1.82, 2.24) is 25.1 Å². The highest BCUT2D eigenvalue weighted by Crippen LogP contribution is 2.19. The van der Waals surface area contributed by atoms with Crippen LogP contribution in [0, 0.1) is 13.8 Å². The van der Waals surface area contributed by atoms with Crippen LogP contribution in [0.25, 0.3) is 5.82 Å². The SMILES string of the molecule is Cc1cc(C)n(-c2cncc(N3CCC(NC(=O)c4ccsc4)CC3)n2)n1. The highest BCUT2D eigenvalue weighted by molar-refractivity contribution is 7.08. The van der Waals surface area contributed by atoms with Crippen LogP contribution in [0.2, 0.25) is 0 Å². The van der Waals surface area contributed by atoms with E-state index in [4.69, 9.17) is 4.98 Å². The molecule has 0 spiro atoms. The summed E-state index contributed by atoms with van der Waals surface area (Å²) in [5, 5.41) is 11.4. The molecule has 0 unspecified atom stereocenters. The van der Waals surface area contributed by atoms with Gasteiger partial charge in [0.1, 0.15) is 5.82 Å². The Morgan fingerprint density at radius 3 is 2.67 bits per heavy atom. The molecule has 1 aliphatic heterocycles. The van der Waals surface area contributed by atoms with Gasteiger partial charge in [-0.25, -0.2) is 9.67 Å². The van der Waals surface area contributed by atoms with Crippen molar-refractivity contribution < 1.29 is 4.79 Å². The lowest BCUT2D eigenvalue weighted by molar-refractivity contribution is 0.0931. The van der Waals surface area contributed by atoms with Gasteiger partial charge in [0, 0.05) is 35.8 Å². The molecular weight excluding hydrogens is 360 g/mol. The molecule has 1 aliphatic rings. The fourth-order valence-electron chi connectivity index (χ4n) is 3.38. The number of hydrogen-bond acceptors (Lipinski definition) is 6. The van der Waals surface area contributed by atoms with Gasteiger partial charge in [-0.2, -0.15) is 16.4 Å². The zero-order chi connectivity index (χ0) is 18.8. The van der Waals surface area contributed by atoms with Crippen molar-refractivity contribution in [3.05, 3.63) is 52.2 Å². The summed E-state index contributed by atoms with van der Waals surface area (Å²) in [6, 6.07) is 4.08. The summed E-state index contributed by atoms with van der Waals surface area (Å²) in [7, 11) is 0. The van der Waals surface area contributed by atoms with Gasteiger partial charge < -0.3 is 10.2 Å². The Kier molecular flexibility index (Phi) is 4.89. The number of anilines is 1. The Balaban J connectivity index is 1.40. The fourth-order valence-corrected chi connectivity index (χ4v) is 4.01. The van der Waals surface area contributed by atoms with E-state index in [1.165, 1.54) is 11.3 Å². The molecule has 27 heavy (non-hydrogen) atoms. The van der Waals surface area contributed by atoms with Crippen LogP contribution in [0.5, 0.6) is 0 Å². The van der Waals surface area contributed by atoms with Crippen LogP contribution in [-0.4, -0.2) is 44.8 Å². The zero-order valence-electron chi connectivity index (χ0n) is 15.4. The number of hydrogen-bond donors (Lipinski definition) is 1. The van der Waals surface area contributed by atoms with Crippen LogP contribution >= 0.6 is 11.3 Å². The lowest BCUT2D eigenvalue weighted by atomic mass is 10.0. The average Bonchev–Trinajstić information content (AvgIpc) is 3.32. The van der Waals surface area contributed by atoms with E-state index < -0.39 is 0 Å². The summed E-state index contributed by atoms with van der Waals surface area (Å²) < 4.78 is 1.82. The van der Waals surface area contributed by atoms with Crippen molar-refractivity contribution in [3.8, 4) is 5.82 Å². The molecule has 7 nitrogen and oxygen atoms in total. The van der Waals surface area contributed by atoms with Gasteiger partial charge in [-0.15, -0.1) is 0 Å². The number of nitrogens with zero attached hydrogens (tertiary/aromatic N) is 5. The van der Waals surface area contributed by atoms with Crippen LogP contribution < -0.4 is 10.2 Å². The minimum Gasteiger partial charge on any atom is -0.355 e. The van der Waals surface area contributed by atoms with Crippen molar-refractivity contribution in [2.45, 2.75) is 32.7 Å². The van der Waals surface area contributed by atoms with Crippen molar-refractivity contribution in [2.75, 3.05) is 18.0 Å². The number of piperidine rings is 1. The average molecular weight is 382 g/mol. The van der Waals surface area contributed by atoms with Gasteiger partial charge in [0.15, 0.2) is 5.82 Å². The smallest absolute Gasteiger partial charge is 0.252 e.